The number of nitrogens with one attached hydrogen (secondary N) is 1. The monoisotopic (exact) mass is 506 g/mol. The maximum absolute atomic E-state index is 14.9. The minimum atomic E-state index is -4.64. The van der Waals surface area contributed by atoms with Crippen molar-refractivity contribution < 1.29 is 31.8 Å². The molecule has 0 amide bonds. The van der Waals surface area contributed by atoms with Gasteiger partial charge in [0.25, 0.3) is 10.0 Å². The lowest BCUT2D eigenvalue weighted by Gasteiger charge is -2.41. The number of esters is 1. The van der Waals surface area contributed by atoms with Gasteiger partial charge in [0.15, 0.2) is 5.75 Å². The Hall–Kier alpha value is -3.37. The van der Waals surface area contributed by atoms with Crippen molar-refractivity contribution in [1.82, 2.24) is 0 Å². The number of hydrogen-bond donors (Lipinski definition) is 2. The SMILES string of the molecule is O=C1OCC2CN(C2)c2ccccc2-c2cc(c(F)cc2F)NS(=O)(=O)c2cc1cc(Cl)c2O. The molecule has 3 aliphatic heterocycles. The Morgan fingerprint density at radius 2 is 1.79 bits per heavy atom. The van der Waals surface area contributed by atoms with Crippen LogP contribution in [0.15, 0.2) is 53.4 Å². The zero-order valence-electron chi connectivity index (χ0n) is 17.4. The minimum absolute atomic E-state index is 0.00371. The van der Waals surface area contributed by atoms with Gasteiger partial charge in [-0.3, -0.25) is 4.72 Å². The maximum atomic E-state index is 14.9. The van der Waals surface area contributed by atoms with E-state index >= 15 is 0 Å². The second-order valence-corrected chi connectivity index (χ2v) is 10.2. The Balaban J connectivity index is 1.70. The van der Waals surface area contributed by atoms with Crippen LogP contribution in [-0.4, -0.2) is 39.2 Å². The van der Waals surface area contributed by atoms with Crippen molar-refractivity contribution in [2.24, 2.45) is 5.92 Å². The van der Waals surface area contributed by atoms with Crippen LogP contribution in [0.25, 0.3) is 11.1 Å². The number of hydrogen-bond acceptors (Lipinski definition) is 6. The van der Waals surface area contributed by atoms with Crippen LogP contribution in [0.3, 0.4) is 0 Å². The molecule has 0 atom stereocenters. The molecule has 1 saturated heterocycles. The summed E-state index contributed by atoms with van der Waals surface area (Å²) >= 11 is 5.95. The van der Waals surface area contributed by atoms with Crippen LogP contribution in [0, 0.1) is 17.6 Å². The number of rotatable bonds is 0. The van der Waals surface area contributed by atoms with Crippen LogP contribution in [0.2, 0.25) is 5.02 Å². The van der Waals surface area contributed by atoms with E-state index in [9.17, 15) is 27.1 Å². The highest BCUT2D eigenvalue weighted by Gasteiger charge is 2.32. The summed E-state index contributed by atoms with van der Waals surface area (Å²) < 4.78 is 62.9. The molecule has 0 saturated carbocycles. The summed E-state index contributed by atoms with van der Waals surface area (Å²) in [6, 6.07) is 10.5. The lowest BCUT2D eigenvalue weighted by atomic mass is 9.95. The largest absolute Gasteiger partial charge is 0.505 e. The van der Waals surface area contributed by atoms with Crippen LogP contribution >= 0.6 is 11.6 Å². The second kappa shape index (κ2) is 8.14. The number of carbonyl (C=O) groups is 1. The van der Waals surface area contributed by atoms with E-state index < -0.39 is 49.0 Å². The number of ether oxygens (including phenoxy) is 1. The summed E-state index contributed by atoms with van der Waals surface area (Å²) in [5, 5.41) is 9.87. The number of para-hydroxylation sites is 1. The van der Waals surface area contributed by atoms with E-state index in [2.05, 4.69) is 0 Å². The van der Waals surface area contributed by atoms with Crippen LogP contribution < -0.4 is 9.62 Å². The molecular weight excluding hydrogens is 490 g/mol. The molecule has 2 N–H and O–H groups in total. The Morgan fingerprint density at radius 1 is 1.06 bits per heavy atom. The summed E-state index contributed by atoms with van der Waals surface area (Å²) in [6.07, 6.45) is 0. The molecule has 7 nitrogen and oxygen atoms in total. The molecule has 176 valence electrons. The van der Waals surface area contributed by atoms with Gasteiger partial charge in [-0.2, -0.15) is 0 Å². The number of anilines is 2. The molecule has 3 heterocycles. The Kier molecular flexibility index (Phi) is 5.37. The highest BCUT2D eigenvalue weighted by Crippen LogP contribution is 2.39. The normalized spacial score (nSPS) is 17.3. The molecule has 6 bridgehead atoms. The standard InChI is InChI=1S/C23H17ClF2N2O5S/c24-16-5-13-6-21(22(16)29)34(31,32)27-19-7-15(17(25)8-18(19)26)14-3-1-2-4-20(14)28-9-12(10-28)11-33-23(13)30/h1-8,12,27,29H,9-11H2. The summed E-state index contributed by atoms with van der Waals surface area (Å²) in [4.78, 5) is 13.8. The van der Waals surface area contributed by atoms with E-state index in [0.717, 1.165) is 18.2 Å². The van der Waals surface area contributed by atoms with Crippen molar-refractivity contribution in [2.45, 2.75) is 4.90 Å². The fraction of sp³-hybridized carbons (Fsp3) is 0.174. The van der Waals surface area contributed by atoms with E-state index in [1.165, 1.54) is 0 Å². The summed E-state index contributed by atoms with van der Waals surface area (Å²) in [7, 11) is -4.64. The first kappa shape index (κ1) is 22.4. The number of phenolic OH excluding ortho intramolecular Hbond substituents is 1. The van der Waals surface area contributed by atoms with Gasteiger partial charge in [0.05, 0.1) is 22.9 Å². The number of nitrogens with zero attached hydrogens (tertiary/aromatic N) is 1. The highest BCUT2D eigenvalue weighted by molar-refractivity contribution is 7.92. The first-order chi connectivity index (χ1) is 16.1. The Labute approximate surface area is 198 Å². The number of sulfonamides is 1. The lowest BCUT2D eigenvalue weighted by Crippen LogP contribution is -2.49. The maximum Gasteiger partial charge on any atom is 0.338 e. The molecule has 3 aromatic rings. The van der Waals surface area contributed by atoms with Gasteiger partial charge in [-0.25, -0.2) is 22.0 Å². The molecule has 0 spiro atoms. The number of fused-ring (bicyclic) bond motifs is 3. The van der Waals surface area contributed by atoms with Crippen molar-refractivity contribution in [2.75, 3.05) is 29.3 Å². The summed E-state index contributed by atoms with van der Waals surface area (Å²) in [5.74, 6) is -3.67. The molecule has 0 aliphatic carbocycles. The fourth-order valence-electron chi connectivity index (χ4n) is 4.06. The molecule has 0 unspecified atom stereocenters. The first-order valence-electron chi connectivity index (χ1n) is 10.2. The molecule has 3 aliphatic rings. The smallest absolute Gasteiger partial charge is 0.338 e. The minimum Gasteiger partial charge on any atom is -0.505 e. The molecule has 0 radical (unpaired) electrons. The summed E-state index contributed by atoms with van der Waals surface area (Å²) in [5.41, 5.74) is 0.370. The van der Waals surface area contributed by atoms with E-state index in [4.69, 9.17) is 16.3 Å². The predicted octanol–water partition coefficient (Wildman–Crippen LogP) is 4.40. The van der Waals surface area contributed by atoms with Gasteiger partial charge in [0, 0.05) is 41.9 Å². The van der Waals surface area contributed by atoms with E-state index in [1.54, 1.807) is 24.3 Å². The third kappa shape index (κ3) is 3.82. The second-order valence-electron chi connectivity index (χ2n) is 8.11. The zero-order valence-corrected chi connectivity index (χ0v) is 19.0. The van der Waals surface area contributed by atoms with Crippen LogP contribution in [0.1, 0.15) is 10.4 Å². The quantitative estimate of drug-likeness (QED) is 0.439. The van der Waals surface area contributed by atoms with Crippen LogP contribution in [0.5, 0.6) is 5.75 Å². The first-order valence-corrected chi connectivity index (χ1v) is 12.1. The number of halogens is 3. The lowest BCUT2D eigenvalue weighted by molar-refractivity contribution is 0.0417. The van der Waals surface area contributed by atoms with Crippen molar-refractivity contribution in [3.05, 3.63) is 70.8 Å². The van der Waals surface area contributed by atoms with Gasteiger partial charge in [0.2, 0.25) is 0 Å². The Morgan fingerprint density at radius 3 is 2.56 bits per heavy atom. The average molecular weight is 507 g/mol. The van der Waals surface area contributed by atoms with Gasteiger partial charge in [-0.1, -0.05) is 29.8 Å². The molecule has 3 aromatic carbocycles. The molecule has 1 fully saturated rings. The highest BCUT2D eigenvalue weighted by atomic mass is 35.5. The number of aromatic hydroxyl groups is 1. The van der Waals surface area contributed by atoms with E-state index in [0.29, 0.717) is 30.4 Å². The van der Waals surface area contributed by atoms with Crippen molar-refractivity contribution >= 4 is 39.0 Å². The van der Waals surface area contributed by atoms with Crippen molar-refractivity contribution in [1.29, 1.82) is 0 Å². The van der Waals surface area contributed by atoms with Crippen LogP contribution in [0.4, 0.5) is 20.2 Å². The van der Waals surface area contributed by atoms with Crippen LogP contribution in [-0.2, 0) is 14.8 Å². The predicted molar refractivity (Wildman–Crippen MR) is 122 cm³/mol. The topological polar surface area (TPSA) is 95.9 Å². The molecule has 0 aromatic heterocycles. The third-order valence-corrected chi connectivity index (χ3v) is 7.46. The van der Waals surface area contributed by atoms with E-state index in [-0.39, 0.29) is 23.7 Å². The van der Waals surface area contributed by atoms with Gasteiger partial charge >= 0.3 is 5.97 Å². The van der Waals surface area contributed by atoms with Crippen molar-refractivity contribution in [3.63, 3.8) is 0 Å². The number of carbonyl (C=O) groups excluding carboxylic acids is 1. The molecule has 11 heteroatoms. The van der Waals surface area contributed by atoms with Gasteiger partial charge < -0.3 is 14.7 Å². The van der Waals surface area contributed by atoms with Gasteiger partial charge in [0.1, 0.15) is 16.5 Å². The van der Waals surface area contributed by atoms with Crippen molar-refractivity contribution in [3.8, 4) is 16.9 Å². The summed E-state index contributed by atoms with van der Waals surface area (Å²) in [6.45, 7) is 1.15. The molecular formula is C23H17ClF2N2O5S. The van der Waals surface area contributed by atoms with E-state index in [1.807, 2.05) is 9.62 Å². The average Bonchev–Trinajstić information content (AvgIpc) is 2.75. The van der Waals surface area contributed by atoms with Gasteiger partial charge in [-0.05, 0) is 24.3 Å². The number of phenols is 1. The fourth-order valence-corrected chi connectivity index (χ4v) is 5.53. The third-order valence-electron chi connectivity index (χ3n) is 5.80. The Bertz CT molecular complexity index is 1440. The number of benzene rings is 3. The zero-order chi connectivity index (χ0) is 24.2. The molecule has 34 heavy (non-hydrogen) atoms. The van der Waals surface area contributed by atoms with Gasteiger partial charge in [-0.15, -0.1) is 0 Å². The molecule has 6 rings (SSSR count).